The van der Waals surface area contributed by atoms with Gasteiger partial charge in [-0.15, -0.1) is 17.4 Å². The molecule has 3 N–H and O–H groups in total. The molecule has 0 aromatic carbocycles. The fourth-order valence-corrected chi connectivity index (χ4v) is 1.12. The highest BCUT2D eigenvalue weighted by molar-refractivity contribution is 5.73. The number of nitrogens with one attached hydrogen (secondary N) is 2. The number of nitrogens with zero attached hydrogens (tertiary/aromatic N) is 3. The van der Waals surface area contributed by atoms with Gasteiger partial charge in [-0.1, -0.05) is 5.21 Å². The van der Waals surface area contributed by atoms with Gasteiger partial charge in [-0.3, -0.25) is 4.79 Å². The van der Waals surface area contributed by atoms with Gasteiger partial charge in [0.15, 0.2) is 0 Å². The maximum absolute atomic E-state index is 11.2. The van der Waals surface area contributed by atoms with Crippen LogP contribution in [0, 0.1) is 12.3 Å². The van der Waals surface area contributed by atoms with Crippen LogP contribution in [0.1, 0.15) is 12.1 Å². The van der Waals surface area contributed by atoms with Gasteiger partial charge in [0, 0.05) is 13.0 Å². The molecule has 1 aromatic rings. The Balaban J connectivity index is 2.30. The van der Waals surface area contributed by atoms with E-state index >= 15 is 0 Å². The predicted octanol–water partition coefficient (Wildman–Crippen LogP) is -0.815. The van der Waals surface area contributed by atoms with Gasteiger partial charge in [-0.25, -0.2) is 9.48 Å². The Hall–Kier alpha value is -2.56. The Kier molecular flexibility index (Phi) is 5.18. The summed E-state index contributed by atoms with van der Waals surface area (Å²) in [6.45, 7) is 0.302. The van der Waals surface area contributed by atoms with Crippen molar-refractivity contribution < 1.29 is 14.7 Å². The molecule has 2 amide bonds. The molecule has 8 nitrogen and oxygen atoms in total. The standard InChI is InChI=1S/C10H13N5O3/c1-2-3-4-11-10(18)12-5-8-6-15(14-13-8)7-9(16)17/h1,6H,3-5,7H2,(H,16,17)(H2,11,12,18). The van der Waals surface area contributed by atoms with Crippen LogP contribution in [0.2, 0.25) is 0 Å². The molecule has 0 aliphatic rings. The molecule has 0 radical (unpaired) electrons. The summed E-state index contributed by atoms with van der Waals surface area (Å²) in [6, 6.07) is -0.363. The average Bonchev–Trinajstić information content (AvgIpc) is 2.73. The van der Waals surface area contributed by atoms with Gasteiger partial charge in [0.1, 0.15) is 12.2 Å². The van der Waals surface area contributed by atoms with E-state index in [9.17, 15) is 9.59 Å². The first-order chi connectivity index (χ1) is 8.61. The van der Waals surface area contributed by atoms with Crippen LogP contribution in [-0.2, 0) is 17.9 Å². The summed E-state index contributed by atoms with van der Waals surface area (Å²) in [5.41, 5.74) is 0.475. The molecule has 1 aromatic heterocycles. The van der Waals surface area contributed by atoms with E-state index in [-0.39, 0.29) is 19.1 Å². The van der Waals surface area contributed by atoms with Crippen molar-refractivity contribution in [3.63, 3.8) is 0 Å². The molecule has 0 atom stereocenters. The topological polar surface area (TPSA) is 109 Å². The minimum Gasteiger partial charge on any atom is -0.480 e. The van der Waals surface area contributed by atoms with Crippen molar-refractivity contribution in [2.24, 2.45) is 0 Å². The second-order valence-corrected chi connectivity index (χ2v) is 3.36. The van der Waals surface area contributed by atoms with Crippen LogP contribution in [-0.4, -0.2) is 38.6 Å². The number of carboxylic acid groups (broad SMARTS) is 1. The maximum Gasteiger partial charge on any atom is 0.325 e. The highest BCUT2D eigenvalue weighted by Crippen LogP contribution is 1.92. The molecule has 0 saturated heterocycles. The molecule has 0 saturated carbocycles. The monoisotopic (exact) mass is 251 g/mol. The van der Waals surface area contributed by atoms with Gasteiger partial charge in [-0.05, 0) is 0 Å². The first-order valence-electron chi connectivity index (χ1n) is 5.18. The van der Waals surface area contributed by atoms with Crippen molar-refractivity contribution in [2.45, 2.75) is 19.5 Å². The van der Waals surface area contributed by atoms with Crippen molar-refractivity contribution in [2.75, 3.05) is 6.54 Å². The molecule has 0 unspecified atom stereocenters. The Morgan fingerprint density at radius 2 is 2.28 bits per heavy atom. The van der Waals surface area contributed by atoms with Crippen molar-refractivity contribution >= 4 is 12.0 Å². The molecule has 0 aliphatic carbocycles. The number of hydrogen-bond donors (Lipinski definition) is 3. The van der Waals surface area contributed by atoms with Crippen LogP contribution >= 0.6 is 0 Å². The highest BCUT2D eigenvalue weighted by Gasteiger charge is 2.05. The number of amides is 2. The third-order valence-electron chi connectivity index (χ3n) is 1.87. The summed E-state index contributed by atoms with van der Waals surface area (Å²) in [7, 11) is 0. The number of hydrogen-bond acceptors (Lipinski definition) is 4. The van der Waals surface area contributed by atoms with Gasteiger partial charge in [0.2, 0.25) is 0 Å². The third kappa shape index (κ3) is 4.98. The molecule has 0 bridgehead atoms. The summed E-state index contributed by atoms with van der Waals surface area (Å²) in [6.07, 6.45) is 6.95. The van der Waals surface area contributed by atoms with Gasteiger partial charge in [0.05, 0.1) is 12.7 Å². The van der Waals surface area contributed by atoms with Gasteiger partial charge in [-0.2, -0.15) is 0 Å². The number of carbonyl (C=O) groups is 2. The predicted molar refractivity (Wildman–Crippen MR) is 61.3 cm³/mol. The van der Waals surface area contributed by atoms with Crippen molar-refractivity contribution in [1.82, 2.24) is 25.6 Å². The molecule has 0 fully saturated rings. The fraction of sp³-hybridized carbons (Fsp3) is 0.400. The van der Waals surface area contributed by atoms with Crippen LogP contribution in [0.3, 0.4) is 0 Å². The highest BCUT2D eigenvalue weighted by atomic mass is 16.4. The zero-order chi connectivity index (χ0) is 13.4. The first-order valence-corrected chi connectivity index (χ1v) is 5.18. The van der Waals surface area contributed by atoms with E-state index in [2.05, 4.69) is 26.9 Å². The minimum absolute atomic E-state index is 0.168. The second kappa shape index (κ2) is 6.90. The number of urea groups is 1. The molecular formula is C10H13N5O3. The Bertz CT molecular complexity index is 462. The molecule has 8 heteroatoms. The van der Waals surface area contributed by atoms with E-state index in [1.807, 2.05) is 0 Å². The minimum atomic E-state index is -1.01. The smallest absolute Gasteiger partial charge is 0.325 e. The van der Waals surface area contributed by atoms with Crippen LogP contribution in [0.15, 0.2) is 6.20 Å². The molecular weight excluding hydrogens is 238 g/mol. The van der Waals surface area contributed by atoms with Crippen molar-refractivity contribution in [1.29, 1.82) is 0 Å². The van der Waals surface area contributed by atoms with E-state index in [0.29, 0.717) is 18.7 Å². The summed E-state index contributed by atoms with van der Waals surface area (Å²) in [5.74, 6) is 1.39. The van der Waals surface area contributed by atoms with Gasteiger partial charge < -0.3 is 15.7 Å². The van der Waals surface area contributed by atoms with Crippen LogP contribution in [0.5, 0.6) is 0 Å². The van der Waals surface area contributed by atoms with Gasteiger partial charge in [0.25, 0.3) is 0 Å². The molecule has 0 spiro atoms. The number of aromatic nitrogens is 3. The van der Waals surface area contributed by atoms with E-state index in [1.165, 1.54) is 10.9 Å². The fourth-order valence-electron chi connectivity index (χ4n) is 1.12. The van der Waals surface area contributed by atoms with Crippen LogP contribution < -0.4 is 10.6 Å². The summed E-state index contributed by atoms with van der Waals surface area (Å²) in [5, 5.41) is 20.9. The van der Waals surface area contributed by atoms with E-state index in [4.69, 9.17) is 11.5 Å². The molecule has 96 valence electrons. The Morgan fingerprint density at radius 1 is 1.50 bits per heavy atom. The van der Waals surface area contributed by atoms with Crippen LogP contribution in [0.4, 0.5) is 4.79 Å². The lowest BCUT2D eigenvalue weighted by Gasteiger charge is -2.03. The summed E-state index contributed by atoms with van der Waals surface area (Å²) < 4.78 is 1.18. The number of rotatable bonds is 6. The lowest BCUT2D eigenvalue weighted by atomic mass is 10.4. The zero-order valence-electron chi connectivity index (χ0n) is 9.59. The summed E-state index contributed by atoms with van der Waals surface area (Å²) in [4.78, 5) is 21.6. The molecule has 1 rings (SSSR count). The molecule has 0 aliphatic heterocycles. The number of carboxylic acids is 1. The van der Waals surface area contributed by atoms with Crippen molar-refractivity contribution in [3.05, 3.63) is 11.9 Å². The quantitative estimate of drug-likeness (QED) is 0.452. The van der Waals surface area contributed by atoms with E-state index in [0.717, 1.165) is 0 Å². The lowest BCUT2D eigenvalue weighted by molar-refractivity contribution is -0.137. The lowest BCUT2D eigenvalue weighted by Crippen LogP contribution is -2.35. The average molecular weight is 251 g/mol. The third-order valence-corrected chi connectivity index (χ3v) is 1.87. The largest absolute Gasteiger partial charge is 0.480 e. The van der Waals surface area contributed by atoms with Gasteiger partial charge >= 0.3 is 12.0 Å². The number of aliphatic carboxylic acids is 1. The SMILES string of the molecule is C#CCCNC(=O)NCc1cn(CC(=O)O)nn1. The normalized spacial score (nSPS) is 9.50. The Morgan fingerprint density at radius 3 is 2.94 bits per heavy atom. The second-order valence-electron chi connectivity index (χ2n) is 3.36. The molecule has 18 heavy (non-hydrogen) atoms. The molecule has 1 heterocycles. The van der Waals surface area contributed by atoms with Crippen molar-refractivity contribution in [3.8, 4) is 12.3 Å². The number of carbonyl (C=O) groups excluding carboxylic acids is 1. The first kappa shape index (κ1) is 13.5. The Labute approximate surface area is 103 Å². The van der Waals surface area contributed by atoms with Crippen LogP contribution in [0.25, 0.3) is 0 Å². The van der Waals surface area contributed by atoms with E-state index < -0.39 is 5.97 Å². The maximum atomic E-state index is 11.2. The zero-order valence-corrected chi connectivity index (χ0v) is 9.59. The number of terminal acetylenes is 1. The summed E-state index contributed by atoms with van der Waals surface area (Å²) >= 11 is 0. The van der Waals surface area contributed by atoms with E-state index in [1.54, 1.807) is 0 Å².